The van der Waals surface area contributed by atoms with Gasteiger partial charge in [0.25, 0.3) is 5.91 Å². The number of nitriles is 1. The monoisotopic (exact) mass is 314 g/mol. The predicted octanol–water partition coefficient (Wildman–Crippen LogP) is 2.16. The third-order valence-electron chi connectivity index (χ3n) is 3.22. The van der Waals surface area contributed by atoms with E-state index >= 15 is 0 Å². The van der Waals surface area contributed by atoms with Gasteiger partial charge in [-0.3, -0.25) is 4.79 Å². The summed E-state index contributed by atoms with van der Waals surface area (Å²) in [5.74, 6) is 0.510. The lowest BCUT2D eigenvalue weighted by molar-refractivity contribution is -0.123. The van der Waals surface area contributed by atoms with Crippen LogP contribution in [0.2, 0.25) is 0 Å². The lowest BCUT2D eigenvalue weighted by atomic mass is 10.1. The van der Waals surface area contributed by atoms with E-state index in [-0.39, 0.29) is 18.6 Å². The molecule has 0 spiro atoms. The lowest BCUT2D eigenvalue weighted by Crippen LogP contribution is -2.37. The van der Waals surface area contributed by atoms with Crippen LogP contribution in [0.25, 0.3) is 0 Å². The molecule has 1 aromatic carbocycles. The highest BCUT2D eigenvalue weighted by Gasteiger charge is 2.16. The molecule has 2 aromatic rings. The van der Waals surface area contributed by atoms with Crippen LogP contribution in [0.4, 0.5) is 0 Å². The molecule has 0 saturated carbocycles. The minimum Gasteiger partial charge on any atom is -0.482 e. The van der Waals surface area contributed by atoms with Crippen molar-refractivity contribution in [3.8, 4) is 11.8 Å². The van der Waals surface area contributed by atoms with Gasteiger partial charge in [0.15, 0.2) is 6.61 Å². The molecular weight excluding hydrogens is 296 g/mol. The third kappa shape index (κ3) is 4.87. The SMILES string of the molecule is CC(CC(O)c1ccco1)NC(=O)COc1ccccc1C#N. The first-order valence-electron chi connectivity index (χ1n) is 7.23. The second-order valence-electron chi connectivity index (χ2n) is 5.13. The molecule has 6 heteroatoms. The molecule has 0 fully saturated rings. The molecule has 6 nitrogen and oxygen atoms in total. The first-order chi connectivity index (χ1) is 11.1. The molecule has 2 rings (SSSR count). The number of nitrogens with zero attached hydrogens (tertiary/aromatic N) is 1. The summed E-state index contributed by atoms with van der Waals surface area (Å²) < 4.78 is 10.5. The summed E-state index contributed by atoms with van der Waals surface area (Å²) in [6.45, 7) is 1.59. The van der Waals surface area contributed by atoms with Crippen molar-refractivity contribution in [1.29, 1.82) is 5.26 Å². The Bertz CT molecular complexity index is 676. The van der Waals surface area contributed by atoms with Crippen molar-refractivity contribution in [1.82, 2.24) is 5.32 Å². The average Bonchev–Trinajstić information content (AvgIpc) is 3.07. The summed E-state index contributed by atoms with van der Waals surface area (Å²) in [5.41, 5.74) is 0.376. The fraction of sp³-hybridized carbons (Fsp3) is 0.294. The van der Waals surface area contributed by atoms with Gasteiger partial charge in [-0.25, -0.2) is 0 Å². The van der Waals surface area contributed by atoms with Crippen LogP contribution in [0.3, 0.4) is 0 Å². The zero-order chi connectivity index (χ0) is 16.7. The molecule has 1 heterocycles. The Morgan fingerprint density at radius 2 is 2.17 bits per heavy atom. The largest absolute Gasteiger partial charge is 0.482 e. The molecule has 1 amide bonds. The molecule has 23 heavy (non-hydrogen) atoms. The second-order valence-corrected chi connectivity index (χ2v) is 5.13. The Labute approximate surface area is 134 Å². The molecule has 0 aliphatic carbocycles. The fourth-order valence-corrected chi connectivity index (χ4v) is 2.14. The maximum Gasteiger partial charge on any atom is 0.258 e. The summed E-state index contributed by atoms with van der Waals surface area (Å²) in [6, 6.07) is 11.8. The number of para-hydroxylation sites is 1. The molecule has 0 aliphatic rings. The molecule has 120 valence electrons. The first-order valence-corrected chi connectivity index (χ1v) is 7.23. The number of ether oxygens (including phenoxy) is 1. The molecule has 0 aliphatic heterocycles. The number of carbonyl (C=O) groups is 1. The number of aliphatic hydroxyl groups excluding tert-OH is 1. The molecule has 0 saturated heterocycles. The van der Waals surface area contributed by atoms with Gasteiger partial charge in [0.05, 0.1) is 11.8 Å². The van der Waals surface area contributed by atoms with Crippen LogP contribution >= 0.6 is 0 Å². The molecule has 2 N–H and O–H groups in total. The van der Waals surface area contributed by atoms with Crippen molar-refractivity contribution in [3.63, 3.8) is 0 Å². The van der Waals surface area contributed by atoms with Crippen LogP contribution in [-0.2, 0) is 4.79 Å². The summed E-state index contributed by atoms with van der Waals surface area (Å²) in [5, 5.41) is 21.6. The number of hydrogen-bond acceptors (Lipinski definition) is 5. The summed E-state index contributed by atoms with van der Waals surface area (Å²) in [4.78, 5) is 11.9. The van der Waals surface area contributed by atoms with E-state index in [1.165, 1.54) is 6.26 Å². The second kappa shape index (κ2) is 8.01. The number of hydrogen-bond donors (Lipinski definition) is 2. The van der Waals surface area contributed by atoms with E-state index < -0.39 is 6.10 Å². The van der Waals surface area contributed by atoms with Crippen LogP contribution in [0, 0.1) is 11.3 Å². The molecule has 2 unspecified atom stereocenters. The Hall–Kier alpha value is -2.78. The number of aliphatic hydroxyl groups is 1. The van der Waals surface area contributed by atoms with Gasteiger partial charge in [-0.2, -0.15) is 5.26 Å². The van der Waals surface area contributed by atoms with Crippen LogP contribution in [0.1, 0.15) is 30.8 Å². The van der Waals surface area contributed by atoms with E-state index in [0.717, 1.165) is 0 Å². The minimum atomic E-state index is -0.777. The van der Waals surface area contributed by atoms with Gasteiger partial charge in [0, 0.05) is 12.5 Å². The zero-order valence-electron chi connectivity index (χ0n) is 12.7. The van der Waals surface area contributed by atoms with Crippen molar-refractivity contribution in [2.45, 2.75) is 25.5 Å². The average molecular weight is 314 g/mol. The molecule has 0 radical (unpaired) electrons. The fourth-order valence-electron chi connectivity index (χ4n) is 2.14. The Kier molecular flexibility index (Phi) is 5.78. The maximum absolute atomic E-state index is 11.9. The molecular formula is C17H18N2O4. The van der Waals surface area contributed by atoms with Crippen LogP contribution < -0.4 is 10.1 Å². The number of nitrogens with one attached hydrogen (secondary N) is 1. The third-order valence-corrected chi connectivity index (χ3v) is 3.22. The van der Waals surface area contributed by atoms with E-state index in [2.05, 4.69) is 5.32 Å². The van der Waals surface area contributed by atoms with Gasteiger partial charge in [0.2, 0.25) is 0 Å². The molecule has 2 atom stereocenters. The van der Waals surface area contributed by atoms with E-state index in [1.54, 1.807) is 43.3 Å². The summed E-state index contributed by atoms with van der Waals surface area (Å²) in [7, 11) is 0. The Morgan fingerprint density at radius 1 is 1.39 bits per heavy atom. The Morgan fingerprint density at radius 3 is 2.87 bits per heavy atom. The van der Waals surface area contributed by atoms with Crippen LogP contribution in [-0.4, -0.2) is 23.7 Å². The van der Waals surface area contributed by atoms with Crippen molar-refractivity contribution in [3.05, 3.63) is 54.0 Å². The van der Waals surface area contributed by atoms with Crippen molar-refractivity contribution >= 4 is 5.91 Å². The highest BCUT2D eigenvalue weighted by molar-refractivity contribution is 5.77. The molecule has 0 bridgehead atoms. The topological polar surface area (TPSA) is 95.5 Å². The van der Waals surface area contributed by atoms with Gasteiger partial charge in [-0.15, -0.1) is 0 Å². The maximum atomic E-state index is 11.9. The minimum absolute atomic E-state index is 0.195. The van der Waals surface area contributed by atoms with Crippen molar-refractivity contribution in [2.24, 2.45) is 0 Å². The Balaban J connectivity index is 1.79. The first kappa shape index (κ1) is 16.6. The molecule has 1 aromatic heterocycles. The van der Waals surface area contributed by atoms with E-state index in [0.29, 0.717) is 23.5 Å². The number of carbonyl (C=O) groups excluding carboxylic acids is 1. The van der Waals surface area contributed by atoms with Gasteiger partial charge in [0.1, 0.15) is 23.7 Å². The zero-order valence-corrected chi connectivity index (χ0v) is 12.7. The number of furan rings is 1. The summed E-state index contributed by atoms with van der Waals surface area (Å²) in [6.07, 6.45) is 1.04. The van der Waals surface area contributed by atoms with E-state index in [1.807, 2.05) is 6.07 Å². The quantitative estimate of drug-likeness (QED) is 0.816. The lowest BCUT2D eigenvalue weighted by Gasteiger charge is -2.17. The highest BCUT2D eigenvalue weighted by Crippen LogP contribution is 2.19. The van der Waals surface area contributed by atoms with Gasteiger partial charge < -0.3 is 19.6 Å². The standard InChI is InChI=1S/C17H18N2O4/c1-12(9-14(20)16-7-4-8-22-16)19-17(21)11-23-15-6-3-2-5-13(15)10-18/h2-8,12,14,20H,9,11H2,1H3,(H,19,21). The van der Waals surface area contributed by atoms with Crippen molar-refractivity contribution in [2.75, 3.05) is 6.61 Å². The number of amides is 1. The van der Waals surface area contributed by atoms with E-state index in [4.69, 9.17) is 14.4 Å². The van der Waals surface area contributed by atoms with Crippen LogP contribution in [0.5, 0.6) is 5.75 Å². The number of rotatable bonds is 7. The smallest absolute Gasteiger partial charge is 0.258 e. The van der Waals surface area contributed by atoms with Crippen LogP contribution in [0.15, 0.2) is 47.1 Å². The van der Waals surface area contributed by atoms with Crippen molar-refractivity contribution < 1.29 is 19.1 Å². The van der Waals surface area contributed by atoms with E-state index in [9.17, 15) is 9.90 Å². The van der Waals surface area contributed by atoms with Gasteiger partial charge in [-0.05, 0) is 31.2 Å². The predicted molar refractivity (Wildman–Crippen MR) is 82.5 cm³/mol. The number of benzene rings is 1. The van der Waals surface area contributed by atoms with Gasteiger partial charge in [-0.1, -0.05) is 12.1 Å². The van der Waals surface area contributed by atoms with Gasteiger partial charge >= 0.3 is 0 Å². The summed E-state index contributed by atoms with van der Waals surface area (Å²) >= 11 is 0. The normalized spacial score (nSPS) is 12.9. The highest BCUT2D eigenvalue weighted by atomic mass is 16.5.